The van der Waals surface area contributed by atoms with Gasteiger partial charge in [0.1, 0.15) is 0 Å². The largest absolute Gasteiger partial charge is 0.357 e. The van der Waals surface area contributed by atoms with E-state index in [2.05, 4.69) is 25.6 Å². The highest BCUT2D eigenvalue weighted by atomic mass is 16.5. The molecule has 0 unspecified atom stereocenters. The maximum atomic E-state index is 4.91. The van der Waals surface area contributed by atoms with E-state index in [1.54, 1.807) is 6.08 Å². The highest BCUT2D eigenvalue weighted by molar-refractivity contribution is 5.39. The zero-order valence-corrected chi connectivity index (χ0v) is 6.29. The molecule has 0 fully saturated rings. The van der Waals surface area contributed by atoms with Crippen LogP contribution in [0.5, 0.6) is 0 Å². The van der Waals surface area contributed by atoms with Crippen molar-refractivity contribution in [3.8, 4) is 0 Å². The fourth-order valence-electron chi connectivity index (χ4n) is 0.672. The number of hydrogen-bond donors (Lipinski definition) is 0. The highest BCUT2D eigenvalue weighted by Gasteiger charge is 2.03. The Morgan fingerprint density at radius 1 is 1.70 bits per heavy atom. The molecule has 0 aliphatic heterocycles. The van der Waals surface area contributed by atoms with Crippen molar-refractivity contribution in [3.05, 3.63) is 24.1 Å². The van der Waals surface area contributed by atoms with E-state index in [0.717, 1.165) is 11.5 Å². The van der Waals surface area contributed by atoms with Gasteiger partial charge in [-0.3, -0.25) is 0 Å². The molecule has 10 heavy (non-hydrogen) atoms. The van der Waals surface area contributed by atoms with Crippen LogP contribution in [0.3, 0.4) is 0 Å². The molecular weight excluding hydrogens is 126 g/mol. The molecule has 1 aromatic rings. The Hall–Kier alpha value is -1.05. The number of aromatic nitrogens is 1. The molecule has 0 amide bonds. The lowest BCUT2D eigenvalue weighted by molar-refractivity contribution is 0.402. The van der Waals surface area contributed by atoms with Crippen LogP contribution >= 0.6 is 0 Å². The van der Waals surface area contributed by atoms with Crippen LogP contribution in [0.25, 0.3) is 6.08 Å². The van der Waals surface area contributed by atoms with Crippen molar-refractivity contribution in [2.45, 2.75) is 19.8 Å². The van der Waals surface area contributed by atoms with Crippen molar-refractivity contribution in [2.24, 2.45) is 0 Å². The monoisotopic (exact) mass is 137 g/mol. The van der Waals surface area contributed by atoms with Crippen LogP contribution in [0.2, 0.25) is 0 Å². The molecular formula is C8H11NO. The fraction of sp³-hybridized carbons (Fsp3) is 0.375. The van der Waals surface area contributed by atoms with Crippen molar-refractivity contribution in [1.82, 2.24) is 5.16 Å². The predicted molar refractivity (Wildman–Crippen MR) is 40.7 cm³/mol. The summed E-state index contributed by atoms with van der Waals surface area (Å²) in [6.07, 6.45) is 1.65. The van der Waals surface area contributed by atoms with Gasteiger partial charge >= 0.3 is 0 Å². The molecule has 2 heteroatoms. The Labute approximate surface area is 60.5 Å². The molecule has 1 rings (SSSR count). The SMILES string of the molecule is C=Cc1cc(C(C)C)no1. The average Bonchev–Trinajstić information content (AvgIpc) is 2.34. The van der Waals surface area contributed by atoms with E-state index in [4.69, 9.17) is 4.52 Å². The minimum absolute atomic E-state index is 0.428. The van der Waals surface area contributed by atoms with Crippen LogP contribution in [-0.2, 0) is 0 Å². The third-order valence-corrected chi connectivity index (χ3v) is 1.34. The Kier molecular flexibility index (Phi) is 1.90. The molecule has 0 aliphatic carbocycles. The van der Waals surface area contributed by atoms with E-state index in [1.165, 1.54) is 0 Å². The molecule has 1 heterocycles. The smallest absolute Gasteiger partial charge is 0.159 e. The fourth-order valence-corrected chi connectivity index (χ4v) is 0.672. The molecule has 0 N–H and O–H groups in total. The minimum atomic E-state index is 0.428. The van der Waals surface area contributed by atoms with Crippen LogP contribution < -0.4 is 0 Å². The molecule has 2 nitrogen and oxygen atoms in total. The molecule has 0 radical (unpaired) electrons. The summed E-state index contributed by atoms with van der Waals surface area (Å²) in [5, 5.41) is 3.84. The predicted octanol–water partition coefficient (Wildman–Crippen LogP) is 2.44. The minimum Gasteiger partial charge on any atom is -0.357 e. The highest BCUT2D eigenvalue weighted by Crippen LogP contribution is 2.13. The van der Waals surface area contributed by atoms with Gasteiger partial charge in [0.2, 0.25) is 0 Å². The van der Waals surface area contributed by atoms with Gasteiger partial charge in [-0.25, -0.2) is 0 Å². The standard InChI is InChI=1S/C8H11NO/c1-4-7-5-8(6(2)3)9-10-7/h4-6H,1H2,2-3H3. The topological polar surface area (TPSA) is 26.0 Å². The second-order valence-electron chi connectivity index (χ2n) is 2.51. The maximum Gasteiger partial charge on any atom is 0.159 e. The quantitative estimate of drug-likeness (QED) is 0.625. The number of rotatable bonds is 2. The van der Waals surface area contributed by atoms with Gasteiger partial charge < -0.3 is 4.52 Å². The zero-order valence-electron chi connectivity index (χ0n) is 6.29. The summed E-state index contributed by atoms with van der Waals surface area (Å²) in [6.45, 7) is 7.72. The molecule has 54 valence electrons. The first-order valence-electron chi connectivity index (χ1n) is 3.33. The lowest BCUT2D eigenvalue weighted by atomic mass is 10.1. The van der Waals surface area contributed by atoms with Gasteiger partial charge in [0.15, 0.2) is 5.76 Å². The van der Waals surface area contributed by atoms with Crippen molar-refractivity contribution in [1.29, 1.82) is 0 Å². The van der Waals surface area contributed by atoms with Gasteiger partial charge in [0.25, 0.3) is 0 Å². The summed E-state index contributed by atoms with van der Waals surface area (Å²) in [5.41, 5.74) is 0.981. The molecule has 0 aromatic carbocycles. The Morgan fingerprint density at radius 3 is 2.70 bits per heavy atom. The average molecular weight is 137 g/mol. The first-order chi connectivity index (χ1) is 4.74. The van der Waals surface area contributed by atoms with E-state index < -0.39 is 0 Å². The molecule has 1 aromatic heterocycles. The van der Waals surface area contributed by atoms with Gasteiger partial charge in [0, 0.05) is 6.07 Å². The van der Waals surface area contributed by atoms with Crippen molar-refractivity contribution in [2.75, 3.05) is 0 Å². The van der Waals surface area contributed by atoms with Gasteiger partial charge in [-0.1, -0.05) is 25.6 Å². The van der Waals surface area contributed by atoms with Gasteiger partial charge in [0.05, 0.1) is 5.69 Å². The number of hydrogen-bond acceptors (Lipinski definition) is 2. The second kappa shape index (κ2) is 2.69. The van der Waals surface area contributed by atoms with Crippen molar-refractivity contribution in [3.63, 3.8) is 0 Å². The van der Waals surface area contributed by atoms with Gasteiger partial charge in [-0.2, -0.15) is 0 Å². The lowest BCUT2D eigenvalue weighted by Crippen LogP contribution is -1.84. The van der Waals surface area contributed by atoms with E-state index in [1.807, 2.05) is 6.07 Å². The van der Waals surface area contributed by atoms with E-state index in [9.17, 15) is 0 Å². The van der Waals surface area contributed by atoms with Crippen LogP contribution in [0.15, 0.2) is 17.2 Å². The Bertz CT molecular complexity index is 225. The molecule has 0 atom stereocenters. The van der Waals surface area contributed by atoms with Crippen LogP contribution in [-0.4, -0.2) is 5.16 Å². The Morgan fingerprint density at radius 2 is 2.40 bits per heavy atom. The summed E-state index contributed by atoms with van der Waals surface area (Å²) in [5.74, 6) is 1.17. The molecule has 0 bridgehead atoms. The second-order valence-corrected chi connectivity index (χ2v) is 2.51. The Balaban J connectivity index is 2.88. The van der Waals surface area contributed by atoms with E-state index in [0.29, 0.717) is 5.92 Å². The van der Waals surface area contributed by atoms with Crippen LogP contribution in [0, 0.1) is 0 Å². The molecule has 0 spiro atoms. The van der Waals surface area contributed by atoms with Crippen molar-refractivity contribution >= 4 is 6.08 Å². The lowest BCUT2D eigenvalue weighted by Gasteiger charge is -1.92. The summed E-state index contributed by atoms with van der Waals surface area (Å²) >= 11 is 0. The maximum absolute atomic E-state index is 4.91. The first-order valence-corrected chi connectivity index (χ1v) is 3.33. The van der Waals surface area contributed by atoms with Crippen molar-refractivity contribution < 1.29 is 4.52 Å². The zero-order chi connectivity index (χ0) is 7.56. The third-order valence-electron chi connectivity index (χ3n) is 1.34. The van der Waals surface area contributed by atoms with E-state index >= 15 is 0 Å². The first kappa shape index (κ1) is 7.06. The van der Waals surface area contributed by atoms with Gasteiger partial charge in [-0.05, 0) is 12.0 Å². The summed E-state index contributed by atoms with van der Waals surface area (Å²) in [6, 6.07) is 1.90. The molecule has 0 saturated heterocycles. The van der Waals surface area contributed by atoms with E-state index in [-0.39, 0.29) is 0 Å². The third kappa shape index (κ3) is 1.26. The number of nitrogens with zero attached hydrogens (tertiary/aromatic N) is 1. The normalized spacial score (nSPS) is 10.3. The van der Waals surface area contributed by atoms with Crippen LogP contribution in [0.1, 0.15) is 31.2 Å². The summed E-state index contributed by atoms with van der Waals surface area (Å²) in [4.78, 5) is 0. The summed E-state index contributed by atoms with van der Waals surface area (Å²) < 4.78 is 4.91. The molecule has 0 saturated carbocycles. The van der Waals surface area contributed by atoms with Gasteiger partial charge in [-0.15, -0.1) is 0 Å². The summed E-state index contributed by atoms with van der Waals surface area (Å²) in [7, 11) is 0. The molecule has 0 aliphatic rings. The van der Waals surface area contributed by atoms with Crippen LogP contribution in [0.4, 0.5) is 0 Å².